The molecule has 0 radical (unpaired) electrons. The number of anilines is 1. The van der Waals surface area contributed by atoms with Gasteiger partial charge < -0.3 is 14.8 Å². The average Bonchev–Trinajstić information content (AvgIpc) is 2.67. The van der Waals surface area contributed by atoms with E-state index in [1.807, 2.05) is 36.4 Å². The van der Waals surface area contributed by atoms with E-state index < -0.39 is 5.60 Å². The lowest BCUT2D eigenvalue weighted by atomic mass is 9.83. The van der Waals surface area contributed by atoms with E-state index in [0.717, 1.165) is 47.9 Å². The van der Waals surface area contributed by atoms with Crippen molar-refractivity contribution in [1.82, 2.24) is 0 Å². The van der Waals surface area contributed by atoms with Gasteiger partial charge in [0, 0.05) is 23.6 Å². The summed E-state index contributed by atoms with van der Waals surface area (Å²) in [6.07, 6.45) is 4.79. The number of rotatable bonds is 6. The predicted octanol–water partition coefficient (Wildman–Crippen LogP) is 5.16. The summed E-state index contributed by atoms with van der Waals surface area (Å²) < 4.78 is 11.6. The van der Waals surface area contributed by atoms with Crippen molar-refractivity contribution in [2.24, 2.45) is 5.92 Å². The fraction of sp³-hybridized carbons (Fsp3) is 0.500. The lowest BCUT2D eigenvalue weighted by Gasteiger charge is -2.34. The number of methoxy groups -OCH3 is 1. The van der Waals surface area contributed by atoms with Gasteiger partial charge in [0.25, 0.3) is 5.91 Å². The van der Waals surface area contributed by atoms with Crippen molar-refractivity contribution in [3.63, 3.8) is 0 Å². The zero-order valence-electron chi connectivity index (χ0n) is 16.0. The van der Waals surface area contributed by atoms with Crippen molar-refractivity contribution in [2.45, 2.75) is 51.6 Å². The Hall–Kier alpha value is -2.07. The number of carbonyl (C=O) groups is 1. The van der Waals surface area contributed by atoms with Crippen LogP contribution in [0.5, 0.6) is 5.75 Å². The number of fused-ring (bicyclic) bond motifs is 1. The minimum atomic E-state index is -0.702. The highest BCUT2D eigenvalue weighted by Crippen LogP contribution is 2.35. The molecular weight excluding hydrogens is 326 g/mol. The van der Waals surface area contributed by atoms with Crippen LogP contribution in [0.4, 0.5) is 5.69 Å². The van der Waals surface area contributed by atoms with Gasteiger partial charge in [-0.2, -0.15) is 0 Å². The highest BCUT2D eigenvalue weighted by atomic mass is 16.5. The summed E-state index contributed by atoms with van der Waals surface area (Å²) in [4.78, 5) is 13.0. The molecule has 0 heterocycles. The maximum absolute atomic E-state index is 13.0. The van der Waals surface area contributed by atoms with Gasteiger partial charge in [0.15, 0.2) is 0 Å². The Kier molecular flexibility index (Phi) is 5.82. The third kappa shape index (κ3) is 3.85. The van der Waals surface area contributed by atoms with E-state index in [2.05, 4.69) is 19.2 Å². The number of ether oxygens (including phenoxy) is 2. The van der Waals surface area contributed by atoms with Gasteiger partial charge in [0.05, 0.1) is 6.61 Å². The van der Waals surface area contributed by atoms with Crippen molar-refractivity contribution >= 4 is 22.4 Å². The summed E-state index contributed by atoms with van der Waals surface area (Å²) in [5, 5.41) is 5.12. The van der Waals surface area contributed by atoms with E-state index in [-0.39, 0.29) is 5.91 Å². The molecule has 1 amide bonds. The third-order valence-corrected chi connectivity index (χ3v) is 5.17. The molecule has 1 fully saturated rings. The van der Waals surface area contributed by atoms with Gasteiger partial charge in [-0.15, -0.1) is 0 Å². The fourth-order valence-electron chi connectivity index (χ4n) is 3.65. The van der Waals surface area contributed by atoms with E-state index in [0.29, 0.717) is 12.5 Å². The van der Waals surface area contributed by atoms with Gasteiger partial charge in [-0.25, -0.2) is 0 Å². The van der Waals surface area contributed by atoms with Crippen molar-refractivity contribution < 1.29 is 14.3 Å². The SMILES string of the molecule is COC1(C(=O)Nc2ccc(OCC(C)C)c3ccccc23)CCCCC1. The number of hydrogen-bond donors (Lipinski definition) is 1. The Morgan fingerprint density at radius 1 is 1.08 bits per heavy atom. The van der Waals surface area contributed by atoms with Gasteiger partial charge in [-0.05, 0) is 30.9 Å². The van der Waals surface area contributed by atoms with Gasteiger partial charge in [-0.1, -0.05) is 57.4 Å². The second-order valence-corrected chi connectivity index (χ2v) is 7.57. The first-order valence-corrected chi connectivity index (χ1v) is 9.57. The molecular formula is C22H29NO3. The number of benzene rings is 2. The minimum absolute atomic E-state index is 0.0410. The van der Waals surface area contributed by atoms with Gasteiger partial charge in [0.2, 0.25) is 0 Å². The van der Waals surface area contributed by atoms with Crippen LogP contribution in [0.1, 0.15) is 46.0 Å². The van der Waals surface area contributed by atoms with Crippen LogP contribution in [-0.4, -0.2) is 25.2 Å². The number of amides is 1. The first-order chi connectivity index (χ1) is 12.6. The third-order valence-electron chi connectivity index (χ3n) is 5.17. The van der Waals surface area contributed by atoms with E-state index in [1.165, 1.54) is 6.42 Å². The maximum Gasteiger partial charge on any atom is 0.256 e. The molecule has 0 bridgehead atoms. The highest BCUT2D eigenvalue weighted by Gasteiger charge is 2.39. The maximum atomic E-state index is 13.0. The number of nitrogens with one attached hydrogen (secondary N) is 1. The minimum Gasteiger partial charge on any atom is -0.493 e. The Morgan fingerprint density at radius 3 is 2.42 bits per heavy atom. The molecule has 0 aliphatic heterocycles. The Morgan fingerprint density at radius 2 is 1.77 bits per heavy atom. The molecule has 26 heavy (non-hydrogen) atoms. The molecule has 0 spiro atoms. The summed E-state index contributed by atoms with van der Waals surface area (Å²) in [5.74, 6) is 1.27. The zero-order valence-corrected chi connectivity index (χ0v) is 16.0. The molecule has 1 aliphatic rings. The summed E-state index contributed by atoms with van der Waals surface area (Å²) in [6, 6.07) is 11.9. The Bertz CT molecular complexity index is 763. The summed E-state index contributed by atoms with van der Waals surface area (Å²) in [6.45, 7) is 4.93. The summed E-state index contributed by atoms with van der Waals surface area (Å²) in [5.41, 5.74) is 0.108. The van der Waals surface area contributed by atoms with E-state index in [4.69, 9.17) is 9.47 Å². The topological polar surface area (TPSA) is 47.6 Å². The lowest BCUT2D eigenvalue weighted by molar-refractivity contribution is -0.141. The molecule has 0 aromatic heterocycles. The van der Waals surface area contributed by atoms with Crippen LogP contribution in [0.15, 0.2) is 36.4 Å². The molecule has 0 saturated heterocycles. The molecule has 1 saturated carbocycles. The van der Waals surface area contributed by atoms with Crippen LogP contribution < -0.4 is 10.1 Å². The Labute approximate surface area is 155 Å². The van der Waals surface area contributed by atoms with Crippen LogP contribution in [-0.2, 0) is 9.53 Å². The molecule has 140 valence electrons. The second kappa shape index (κ2) is 8.09. The van der Waals surface area contributed by atoms with Gasteiger partial charge >= 0.3 is 0 Å². The largest absolute Gasteiger partial charge is 0.493 e. The van der Waals surface area contributed by atoms with Crippen LogP contribution in [0.25, 0.3) is 10.8 Å². The standard InChI is InChI=1S/C22H29NO3/c1-16(2)15-26-20-12-11-19(17-9-5-6-10-18(17)20)23-21(24)22(25-3)13-7-4-8-14-22/h5-6,9-12,16H,4,7-8,13-15H2,1-3H3,(H,23,24). The van der Waals surface area contributed by atoms with E-state index in [9.17, 15) is 4.79 Å². The molecule has 2 aromatic carbocycles. The summed E-state index contributed by atoms with van der Waals surface area (Å²) in [7, 11) is 1.64. The smallest absolute Gasteiger partial charge is 0.256 e. The summed E-state index contributed by atoms with van der Waals surface area (Å²) >= 11 is 0. The number of carbonyl (C=O) groups excluding carboxylic acids is 1. The van der Waals surface area contributed by atoms with Crippen molar-refractivity contribution in [3.05, 3.63) is 36.4 Å². The van der Waals surface area contributed by atoms with E-state index in [1.54, 1.807) is 7.11 Å². The normalized spacial score (nSPS) is 16.6. The molecule has 0 unspecified atom stereocenters. The molecule has 1 N–H and O–H groups in total. The molecule has 2 aromatic rings. The van der Waals surface area contributed by atoms with Crippen molar-refractivity contribution in [2.75, 3.05) is 19.0 Å². The van der Waals surface area contributed by atoms with Crippen molar-refractivity contribution in [3.8, 4) is 5.75 Å². The van der Waals surface area contributed by atoms with Crippen LogP contribution in [0, 0.1) is 5.92 Å². The molecule has 0 atom stereocenters. The monoisotopic (exact) mass is 355 g/mol. The predicted molar refractivity (Wildman–Crippen MR) is 106 cm³/mol. The lowest BCUT2D eigenvalue weighted by Crippen LogP contribution is -2.46. The molecule has 4 nitrogen and oxygen atoms in total. The highest BCUT2D eigenvalue weighted by molar-refractivity contribution is 6.06. The average molecular weight is 355 g/mol. The van der Waals surface area contributed by atoms with Crippen LogP contribution in [0.3, 0.4) is 0 Å². The number of hydrogen-bond acceptors (Lipinski definition) is 3. The van der Waals surface area contributed by atoms with Gasteiger partial charge in [-0.3, -0.25) is 4.79 Å². The molecule has 3 rings (SSSR count). The van der Waals surface area contributed by atoms with Crippen LogP contribution in [0.2, 0.25) is 0 Å². The van der Waals surface area contributed by atoms with Gasteiger partial charge in [0.1, 0.15) is 11.4 Å². The Balaban J connectivity index is 1.88. The molecule has 4 heteroatoms. The quantitative estimate of drug-likeness (QED) is 0.778. The van der Waals surface area contributed by atoms with Crippen molar-refractivity contribution in [1.29, 1.82) is 0 Å². The first kappa shape index (κ1) is 18.7. The van der Waals surface area contributed by atoms with E-state index >= 15 is 0 Å². The van der Waals surface area contributed by atoms with Crippen LogP contribution >= 0.6 is 0 Å². The fourth-order valence-corrected chi connectivity index (χ4v) is 3.65. The second-order valence-electron chi connectivity index (χ2n) is 7.57. The zero-order chi connectivity index (χ0) is 18.6. The molecule has 1 aliphatic carbocycles. The first-order valence-electron chi connectivity index (χ1n) is 9.57.